The van der Waals surface area contributed by atoms with Gasteiger partial charge in [0.15, 0.2) is 0 Å². The Morgan fingerprint density at radius 2 is 1.54 bits per heavy atom. The molecule has 2 aromatic heterocycles. The van der Waals surface area contributed by atoms with E-state index in [1.54, 1.807) is 18.5 Å². The zero-order chi connectivity index (χ0) is 51.2. The van der Waals surface area contributed by atoms with Gasteiger partial charge < -0.3 is 51.0 Å². The Hall–Kier alpha value is -5.20. The Labute approximate surface area is 439 Å². The van der Waals surface area contributed by atoms with Crippen LogP contribution in [0.1, 0.15) is 136 Å². The molecule has 1 unspecified atom stereocenters. The minimum Gasteiger partial charge on any atom is -0.375 e. The number of fused-ring (bicyclic) bond motifs is 1. The molecular formula is C56H75ClFN11O5. The molecule has 4 amide bonds. The molecule has 16 nitrogen and oxygen atoms in total. The number of carbonyl (C=O) groups excluding carboxylic acids is 4. The summed E-state index contributed by atoms with van der Waals surface area (Å²) in [5.74, 6) is -0.694. The number of carbonyl (C=O) groups is 4. The van der Waals surface area contributed by atoms with Gasteiger partial charge in [0.1, 0.15) is 29.7 Å². The highest BCUT2D eigenvalue weighted by molar-refractivity contribution is 6.30. The summed E-state index contributed by atoms with van der Waals surface area (Å²) in [6.45, 7) is 6.20. The summed E-state index contributed by atoms with van der Waals surface area (Å²) in [5.41, 5.74) is 8.06. The molecular weight excluding hydrogens is 961 g/mol. The highest BCUT2D eigenvalue weighted by Gasteiger charge is 2.41. The number of likely N-dealkylation sites (tertiary alicyclic amines) is 3. The first kappa shape index (κ1) is 52.3. The third kappa shape index (κ3) is 12.6. The average molecular weight is 1040 g/mol. The second kappa shape index (κ2) is 23.8. The number of nitrogens with one attached hydrogen (secondary N) is 4. The number of H-pyrrole nitrogens is 1. The van der Waals surface area contributed by atoms with Crippen LogP contribution in [0.2, 0.25) is 5.02 Å². The smallest absolute Gasteiger partial charge is 0.254 e. The van der Waals surface area contributed by atoms with Gasteiger partial charge >= 0.3 is 0 Å². The van der Waals surface area contributed by atoms with Crippen LogP contribution in [0, 0.1) is 11.7 Å². The third-order valence-electron chi connectivity index (χ3n) is 17.0. The topological polar surface area (TPSA) is 194 Å². The number of anilines is 1. The Kier molecular flexibility index (Phi) is 16.8. The fourth-order valence-electron chi connectivity index (χ4n) is 12.2. The lowest BCUT2D eigenvalue weighted by molar-refractivity contribution is -0.139. The lowest BCUT2D eigenvalue weighted by Crippen LogP contribution is -2.60. The summed E-state index contributed by atoms with van der Waals surface area (Å²) in [6.07, 6.45) is 17.0. The zero-order valence-electron chi connectivity index (χ0n) is 42.8. The van der Waals surface area contributed by atoms with Crippen LogP contribution in [0.5, 0.6) is 0 Å². The Morgan fingerprint density at radius 3 is 2.27 bits per heavy atom. The van der Waals surface area contributed by atoms with Gasteiger partial charge in [0, 0.05) is 82.1 Å². The maximum absolute atomic E-state index is 16.4. The molecule has 2 aromatic carbocycles. The molecule has 2 saturated carbocycles. The van der Waals surface area contributed by atoms with Crippen LogP contribution in [0.3, 0.4) is 0 Å². The number of aromatic nitrogens is 3. The number of halogens is 2. The van der Waals surface area contributed by atoms with E-state index >= 15 is 4.39 Å². The molecule has 18 heteroatoms. The van der Waals surface area contributed by atoms with Crippen LogP contribution >= 0.6 is 11.6 Å². The highest BCUT2D eigenvalue weighted by atomic mass is 35.5. The summed E-state index contributed by atoms with van der Waals surface area (Å²) in [5, 5.41) is 11.3. The van der Waals surface area contributed by atoms with E-state index < -0.39 is 23.3 Å². The fourth-order valence-corrected chi connectivity index (χ4v) is 12.4. The molecule has 398 valence electrons. The van der Waals surface area contributed by atoms with Gasteiger partial charge in [0.25, 0.3) is 5.91 Å². The molecule has 0 bridgehead atoms. The summed E-state index contributed by atoms with van der Waals surface area (Å²) in [4.78, 5) is 75.9. The van der Waals surface area contributed by atoms with Crippen molar-refractivity contribution in [3.8, 4) is 0 Å². The molecule has 10 rings (SSSR count). The number of amides is 4. The maximum atomic E-state index is 16.4. The van der Waals surface area contributed by atoms with E-state index in [1.807, 2.05) is 46.3 Å². The molecule has 4 aromatic rings. The van der Waals surface area contributed by atoms with Crippen molar-refractivity contribution in [2.75, 3.05) is 70.3 Å². The minimum atomic E-state index is -1.01. The van der Waals surface area contributed by atoms with E-state index in [4.69, 9.17) is 22.1 Å². The second-order valence-corrected chi connectivity index (χ2v) is 22.5. The fraction of sp³-hybridized carbons (Fsp3) is 0.607. The molecule has 2 aliphatic carbocycles. The van der Waals surface area contributed by atoms with Crippen molar-refractivity contribution >= 4 is 52.1 Å². The molecule has 4 saturated heterocycles. The van der Waals surface area contributed by atoms with E-state index in [0.29, 0.717) is 94.5 Å². The summed E-state index contributed by atoms with van der Waals surface area (Å²) >= 11 is 6.29. The molecule has 6 N–H and O–H groups in total. The van der Waals surface area contributed by atoms with Gasteiger partial charge in [-0.3, -0.25) is 19.2 Å². The summed E-state index contributed by atoms with van der Waals surface area (Å²) < 4.78 is 23.1. The predicted octanol–water partition coefficient (Wildman–Crippen LogP) is 6.60. The van der Waals surface area contributed by atoms with E-state index in [0.717, 1.165) is 113 Å². The molecule has 6 heterocycles. The molecule has 74 heavy (non-hydrogen) atoms. The number of rotatable bonds is 17. The van der Waals surface area contributed by atoms with Gasteiger partial charge in [-0.1, -0.05) is 55.1 Å². The Morgan fingerprint density at radius 1 is 0.811 bits per heavy atom. The van der Waals surface area contributed by atoms with E-state index in [9.17, 15) is 19.2 Å². The lowest BCUT2D eigenvalue weighted by Gasteiger charge is -2.40. The number of nitrogens with zero attached hydrogens (tertiary/aromatic N) is 6. The monoisotopic (exact) mass is 1040 g/mol. The van der Waals surface area contributed by atoms with Crippen LogP contribution in [0.4, 0.5) is 10.2 Å². The Bertz CT molecular complexity index is 2570. The number of ether oxygens (including phenoxy) is 1. The van der Waals surface area contributed by atoms with Gasteiger partial charge in [-0.15, -0.1) is 0 Å². The minimum absolute atomic E-state index is 0.0144. The van der Waals surface area contributed by atoms with Crippen molar-refractivity contribution in [2.45, 2.75) is 145 Å². The van der Waals surface area contributed by atoms with Crippen LogP contribution in [0.15, 0.2) is 61.1 Å². The summed E-state index contributed by atoms with van der Waals surface area (Å²) in [6, 6.07) is 14.1. The highest BCUT2D eigenvalue weighted by Crippen LogP contribution is 2.34. The SMILES string of the molecule is NC1(C(=O)N[C@@H](CCN2CCC(OC3CCN(C(=O)[C@H](NC(=O)c4cccc(C5CCCN(C(=O)CNC6CC6)C5)c4F)C4CCCCC4)CC3)CC2)c2ccc(Cl)cc2)CCN(c2ncnc3[nH]ccc23)CC1. The number of hydrogen-bond donors (Lipinski definition) is 5. The molecule has 6 aliphatic rings. The first-order chi connectivity index (χ1) is 36.0. The standard InChI is InChI=1S/C56H75ClFN11O5/c57-40-13-11-37(12-14-40)47(64-55(73)56(59)23-32-67(33-24-56)52-46-17-25-60-51(46)62-36-63-52)22-29-66-27-18-42(19-28-66)74-43-20-30-68(31-21-43)54(72)50(38-6-2-1-3-7-38)65-53(71)45-10-4-9-44(49(45)58)39-8-5-26-69(35-39)48(70)34-61-41-15-16-41/h4,9-14,17,25,36,38-39,41-43,47,50,61H,1-3,5-8,15-16,18-24,26-35,59H2,(H,64,73)(H,65,71)(H,60,62,63)/t39?,47-,50+/m0/s1. The molecule has 6 fully saturated rings. The Balaban J connectivity index is 0.690. The zero-order valence-corrected chi connectivity index (χ0v) is 43.5. The van der Waals surface area contributed by atoms with Crippen molar-refractivity contribution in [3.05, 3.63) is 88.6 Å². The largest absolute Gasteiger partial charge is 0.375 e. The molecule has 4 aliphatic heterocycles. The van der Waals surface area contributed by atoms with Crippen LogP contribution in [-0.4, -0.2) is 149 Å². The first-order valence-electron chi connectivity index (χ1n) is 27.6. The van der Waals surface area contributed by atoms with Gasteiger partial charge in [-0.2, -0.15) is 0 Å². The van der Waals surface area contributed by atoms with Crippen molar-refractivity contribution in [1.29, 1.82) is 0 Å². The second-order valence-electron chi connectivity index (χ2n) is 22.0. The third-order valence-corrected chi connectivity index (χ3v) is 17.3. The predicted molar refractivity (Wildman–Crippen MR) is 283 cm³/mol. The van der Waals surface area contributed by atoms with Crippen molar-refractivity contribution < 1.29 is 28.3 Å². The number of piperidine rings is 4. The van der Waals surface area contributed by atoms with Crippen molar-refractivity contribution in [3.63, 3.8) is 0 Å². The van der Waals surface area contributed by atoms with Gasteiger partial charge in [0.05, 0.1) is 41.3 Å². The first-order valence-corrected chi connectivity index (χ1v) is 28.0. The van der Waals surface area contributed by atoms with E-state index in [1.165, 1.54) is 6.07 Å². The number of hydrogen-bond acceptors (Lipinski definition) is 11. The number of benzene rings is 2. The summed E-state index contributed by atoms with van der Waals surface area (Å²) in [7, 11) is 0. The van der Waals surface area contributed by atoms with Crippen LogP contribution in [0.25, 0.3) is 11.0 Å². The van der Waals surface area contributed by atoms with Gasteiger partial charge in [0.2, 0.25) is 17.7 Å². The number of nitrogens with two attached hydrogens (primary N) is 1. The van der Waals surface area contributed by atoms with Gasteiger partial charge in [-0.25, -0.2) is 14.4 Å². The maximum Gasteiger partial charge on any atom is 0.254 e. The normalized spacial score (nSPS) is 22.4. The quantitative estimate of drug-likeness (QED) is 0.0765. The van der Waals surface area contributed by atoms with Crippen molar-refractivity contribution in [2.24, 2.45) is 11.7 Å². The van der Waals surface area contributed by atoms with Crippen molar-refractivity contribution in [1.82, 2.24) is 45.6 Å². The van der Waals surface area contributed by atoms with Crippen LogP contribution < -0.4 is 26.6 Å². The van der Waals surface area contributed by atoms with Gasteiger partial charge in [-0.05, 0) is 125 Å². The number of aromatic amines is 1. The van der Waals surface area contributed by atoms with E-state index in [2.05, 4.69) is 40.7 Å². The lowest BCUT2D eigenvalue weighted by atomic mass is 9.83. The molecule has 3 atom stereocenters. The van der Waals surface area contributed by atoms with Crippen LogP contribution in [-0.2, 0) is 19.1 Å². The average Bonchev–Trinajstić information content (AvgIpc) is 4.14. The van der Waals surface area contributed by atoms with E-state index in [-0.39, 0.29) is 53.4 Å². The molecule has 0 spiro atoms. The molecule has 0 radical (unpaired) electrons.